The molecule has 0 heterocycles. The third kappa shape index (κ3) is 17.9. The summed E-state index contributed by atoms with van der Waals surface area (Å²) in [5.74, 6) is 0. The minimum atomic E-state index is 0.330. The summed E-state index contributed by atoms with van der Waals surface area (Å²) >= 11 is 0. The van der Waals surface area contributed by atoms with Gasteiger partial charge in [-0.25, -0.2) is 0 Å². The summed E-state index contributed by atoms with van der Waals surface area (Å²) < 4.78 is 0. The molecule has 0 radical (unpaired) electrons. The van der Waals surface area contributed by atoms with Crippen molar-refractivity contribution in [3.05, 3.63) is 0 Å². The number of hydrogen-bond acceptors (Lipinski definition) is 2. The van der Waals surface area contributed by atoms with E-state index in [0.717, 1.165) is 25.7 Å². The van der Waals surface area contributed by atoms with Crippen LogP contribution in [0, 0.1) is 0 Å². The number of hydrogen-bond donors (Lipinski definition) is 2. The summed E-state index contributed by atoms with van der Waals surface area (Å²) in [6.45, 7) is 0.660. The van der Waals surface area contributed by atoms with E-state index in [1.54, 1.807) is 0 Å². The van der Waals surface area contributed by atoms with Crippen molar-refractivity contribution in [2.24, 2.45) is 0 Å². The third-order valence-corrected chi connectivity index (χ3v) is 2.17. The summed E-state index contributed by atoms with van der Waals surface area (Å²) in [6, 6.07) is 0. The standard InChI is InChI=1S/C9H20O2.C3H6/c10-8-6-4-2-1-3-5-7-9-11;1-2-3-1/h10-11H,1-9H2;1-3H2. The Labute approximate surface area is 88.3 Å². The lowest BCUT2D eigenvalue weighted by Gasteiger charge is -1.98. The molecule has 0 aromatic heterocycles. The lowest BCUT2D eigenvalue weighted by atomic mass is 10.1. The highest BCUT2D eigenvalue weighted by molar-refractivity contribution is 4.50. The molecule has 2 N–H and O–H groups in total. The highest BCUT2D eigenvalue weighted by Crippen LogP contribution is 2.14. The first-order valence-corrected chi connectivity index (χ1v) is 6.13. The molecule has 0 bridgehead atoms. The second-order valence-electron chi connectivity index (χ2n) is 3.98. The normalized spacial score (nSPS) is 13.3. The highest BCUT2D eigenvalue weighted by atomic mass is 16.3. The Kier molecular flexibility index (Phi) is 12.8. The molecule has 14 heavy (non-hydrogen) atoms. The average Bonchev–Trinajstić information content (AvgIpc) is 3.03. The molecule has 86 valence electrons. The van der Waals surface area contributed by atoms with Crippen LogP contribution < -0.4 is 0 Å². The predicted molar refractivity (Wildman–Crippen MR) is 60.3 cm³/mol. The van der Waals surface area contributed by atoms with E-state index in [2.05, 4.69) is 0 Å². The molecule has 0 spiro atoms. The van der Waals surface area contributed by atoms with Gasteiger partial charge >= 0.3 is 0 Å². The van der Waals surface area contributed by atoms with Crippen molar-refractivity contribution < 1.29 is 10.2 Å². The molecule has 0 saturated heterocycles. The Morgan fingerprint density at radius 1 is 0.500 bits per heavy atom. The fourth-order valence-electron chi connectivity index (χ4n) is 1.11. The van der Waals surface area contributed by atoms with Crippen LogP contribution in [0.4, 0.5) is 0 Å². The first kappa shape index (κ1) is 13.9. The van der Waals surface area contributed by atoms with Crippen LogP contribution in [0.1, 0.15) is 64.2 Å². The van der Waals surface area contributed by atoms with Gasteiger partial charge in [0.05, 0.1) is 0 Å². The SMILES string of the molecule is C1CC1.OCCCCCCCCCO. The van der Waals surface area contributed by atoms with Gasteiger partial charge in [0.2, 0.25) is 0 Å². The molecule has 1 fully saturated rings. The minimum absolute atomic E-state index is 0.330. The van der Waals surface area contributed by atoms with Crippen molar-refractivity contribution in [3.8, 4) is 0 Å². The molecule has 1 rings (SSSR count). The molecule has 0 aromatic carbocycles. The monoisotopic (exact) mass is 202 g/mol. The van der Waals surface area contributed by atoms with E-state index in [9.17, 15) is 0 Å². The molecule has 1 saturated carbocycles. The van der Waals surface area contributed by atoms with E-state index >= 15 is 0 Å². The van der Waals surface area contributed by atoms with Gasteiger partial charge in [-0.15, -0.1) is 0 Å². The zero-order valence-electron chi connectivity index (χ0n) is 9.38. The van der Waals surface area contributed by atoms with Crippen molar-refractivity contribution in [1.29, 1.82) is 0 Å². The zero-order valence-corrected chi connectivity index (χ0v) is 9.38. The van der Waals surface area contributed by atoms with Crippen molar-refractivity contribution in [3.63, 3.8) is 0 Å². The molecular formula is C12H26O2. The Bertz CT molecular complexity index is 81.6. The molecular weight excluding hydrogens is 176 g/mol. The van der Waals surface area contributed by atoms with Crippen molar-refractivity contribution in [1.82, 2.24) is 0 Å². The minimum Gasteiger partial charge on any atom is -0.396 e. The van der Waals surface area contributed by atoms with E-state index in [1.807, 2.05) is 0 Å². The van der Waals surface area contributed by atoms with Crippen molar-refractivity contribution in [2.75, 3.05) is 13.2 Å². The summed E-state index contributed by atoms with van der Waals surface area (Å²) in [7, 11) is 0. The summed E-state index contributed by atoms with van der Waals surface area (Å²) in [5, 5.41) is 16.9. The van der Waals surface area contributed by atoms with Crippen LogP contribution in [0.5, 0.6) is 0 Å². The van der Waals surface area contributed by atoms with Gasteiger partial charge in [0, 0.05) is 13.2 Å². The third-order valence-electron chi connectivity index (χ3n) is 2.17. The Balaban J connectivity index is 0.000000469. The van der Waals surface area contributed by atoms with Crippen LogP contribution in [0.25, 0.3) is 0 Å². The molecule has 0 aliphatic heterocycles. The average molecular weight is 202 g/mol. The molecule has 0 aromatic rings. The van der Waals surface area contributed by atoms with Crippen LogP contribution in [-0.2, 0) is 0 Å². The molecule has 1 aliphatic rings. The van der Waals surface area contributed by atoms with Crippen LogP contribution >= 0.6 is 0 Å². The second-order valence-corrected chi connectivity index (χ2v) is 3.98. The first-order chi connectivity index (χ1) is 6.91. The molecule has 2 nitrogen and oxygen atoms in total. The number of unbranched alkanes of at least 4 members (excludes halogenated alkanes) is 6. The molecule has 0 unspecified atom stereocenters. The molecule has 2 heteroatoms. The maximum absolute atomic E-state index is 8.47. The topological polar surface area (TPSA) is 40.5 Å². The van der Waals surface area contributed by atoms with E-state index in [4.69, 9.17) is 10.2 Å². The van der Waals surface area contributed by atoms with E-state index < -0.39 is 0 Å². The smallest absolute Gasteiger partial charge is 0.0431 e. The number of aliphatic hydroxyl groups excluding tert-OH is 2. The van der Waals surface area contributed by atoms with Gasteiger partial charge in [-0.05, 0) is 12.8 Å². The molecule has 0 atom stereocenters. The van der Waals surface area contributed by atoms with Gasteiger partial charge in [0.1, 0.15) is 0 Å². The maximum Gasteiger partial charge on any atom is 0.0431 e. The van der Waals surface area contributed by atoms with Crippen molar-refractivity contribution >= 4 is 0 Å². The fraction of sp³-hybridized carbons (Fsp3) is 1.00. The molecule has 0 amide bonds. The van der Waals surface area contributed by atoms with E-state index in [0.29, 0.717) is 13.2 Å². The Hall–Kier alpha value is -0.0800. The second kappa shape index (κ2) is 12.9. The summed E-state index contributed by atoms with van der Waals surface area (Å²) in [4.78, 5) is 0. The fourth-order valence-corrected chi connectivity index (χ4v) is 1.11. The van der Waals surface area contributed by atoms with Crippen molar-refractivity contribution in [2.45, 2.75) is 64.2 Å². The van der Waals surface area contributed by atoms with Gasteiger partial charge < -0.3 is 10.2 Å². The van der Waals surface area contributed by atoms with Crippen LogP contribution in [0.2, 0.25) is 0 Å². The summed E-state index contributed by atoms with van der Waals surface area (Å²) in [5.41, 5.74) is 0. The number of aliphatic hydroxyl groups is 2. The maximum atomic E-state index is 8.47. The van der Waals surface area contributed by atoms with E-state index in [1.165, 1.54) is 38.5 Å². The zero-order chi connectivity index (χ0) is 10.5. The quantitative estimate of drug-likeness (QED) is 0.594. The largest absolute Gasteiger partial charge is 0.396 e. The van der Waals surface area contributed by atoms with Crippen LogP contribution in [-0.4, -0.2) is 23.4 Å². The van der Waals surface area contributed by atoms with Gasteiger partial charge in [-0.3, -0.25) is 0 Å². The summed E-state index contributed by atoms with van der Waals surface area (Å²) in [6.07, 6.45) is 12.4. The predicted octanol–water partition coefficient (Wildman–Crippen LogP) is 2.87. The van der Waals surface area contributed by atoms with Crippen LogP contribution in [0.15, 0.2) is 0 Å². The van der Waals surface area contributed by atoms with E-state index in [-0.39, 0.29) is 0 Å². The lowest BCUT2D eigenvalue weighted by Crippen LogP contribution is -1.85. The van der Waals surface area contributed by atoms with Gasteiger partial charge in [-0.1, -0.05) is 51.4 Å². The van der Waals surface area contributed by atoms with Gasteiger partial charge in [-0.2, -0.15) is 0 Å². The Morgan fingerprint density at radius 2 is 0.786 bits per heavy atom. The van der Waals surface area contributed by atoms with Crippen LogP contribution in [0.3, 0.4) is 0 Å². The highest BCUT2D eigenvalue weighted by Gasteiger charge is 1.95. The number of rotatable bonds is 8. The van der Waals surface area contributed by atoms with Gasteiger partial charge in [0.15, 0.2) is 0 Å². The lowest BCUT2D eigenvalue weighted by molar-refractivity contribution is 0.278. The Morgan fingerprint density at radius 3 is 1.00 bits per heavy atom. The van der Waals surface area contributed by atoms with Gasteiger partial charge in [0.25, 0.3) is 0 Å². The first-order valence-electron chi connectivity index (χ1n) is 6.13. The molecule has 1 aliphatic carbocycles.